The van der Waals surface area contributed by atoms with Crippen molar-refractivity contribution in [2.45, 2.75) is 17.2 Å². The summed E-state index contributed by atoms with van der Waals surface area (Å²) in [5.41, 5.74) is 1.55. The highest BCUT2D eigenvalue weighted by atomic mass is 32.2. The molecule has 0 bridgehead atoms. The van der Waals surface area contributed by atoms with E-state index in [0.29, 0.717) is 30.4 Å². The van der Waals surface area contributed by atoms with E-state index >= 15 is 0 Å². The van der Waals surface area contributed by atoms with Crippen LogP contribution in [-0.2, 0) is 14.8 Å². The molecule has 1 N–H and O–H groups in total. The van der Waals surface area contributed by atoms with Crippen molar-refractivity contribution < 1.29 is 13.2 Å². The Morgan fingerprint density at radius 3 is 2.62 bits per heavy atom. The van der Waals surface area contributed by atoms with Crippen LogP contribution in [0.3, 0.4) is 0 Å². The number of piperazine rings is 1. The molecule has 4 rings (SSSR count). The van der Waals surface area contributed by atoms with Crippen LogP contribution in [0.4, 0.5) is 5.69 Å². The van der Waals surface area contributed by atoms with Gasteiger partial charge >= 0.3 is 0 Å². The largest absolute Gasteiger partial charge is 0.324 e. The van der Waals surface area contributed by atoms with Gasteiger partial charge in [0, 0.05) is 37.8 Å². The zero-order valence-electron chi connectivity index (χ0n) is 16.0. The highest BCUT2D eigenvalue weighted by molar-refractivity contribution is 7.91. The Bertz CT molecular complexity index is 1100. The summed E-state index contributed by atoms with van der Waals surface area (Å²) in [4.78, 5) is 19.1. The molecule has 1 saturated heterocycles. The van der Waals surface area contributed by atoms with Crippen LogP contribution in [0, 0.1) is 0 Å². The SMILES string of the molecule is CC(C(=O)Nc1cccc2ncccc12)N1CCN(S(=O)(=O)c2cccs2)CC1. The van der Waals surface area contributed by atoms with E-state index in [0.717, 1.165) is 16.6 Å². The van der Waals surface area contributed by atoms with E-state index in [1.54, 1.807) is 23.7 Å². The lowest BCUT2D eigenvalue weighted by atomic mass is 10.1. The van der Waals surface area contributed by atoms with Gasteiger partial charge in [-0.1, -0.05) is 12.1 Å². The standard InChI is InChI=1S/C20H22N4O3S2/c1-15(20(25)22-18-7-2-6-17-16(18)5-3-9-21-17)23-10-12-24(13-11-23)29(26,27)19-8-4-14-28-19/h2-9,14-15H,10-13H2,1H3,(H,22,25). The summed E-state index contributed by atoms with van der Waals surface area (Å²) in [5, 5.41) is 5.65. The molecule has 1 aromatic carbocycles. The zero-order valence-corrected chi connectivity index (χ0v) is 17.6. The lowest BCUT2D eigenvalue weighted by Crippen LogP contribution is -2.53. The summed E-state index contributed by atoms with van der Waals surface area (Å²) in [6.07, 6.45) is 1.72. The lowest BCUT2D eigenvalue weighted by Gasteiger charge is -2.36. The average Bonchev–Trinajstić information content (AvgIpc) is 3.29. The summed E-state index contributed by atoms with van der Waals surface area (Å²) < 4.78 is 27.2. The molecular formula is C20H22N4O3S2. The Labute approximate surface area is 174 Å². The molecule has 0 spiro atoms. The van der Waals surface area contributed by atoms with E-state index in [1.807, 2.05) is 42.2 Å². The fraction of sp³-hybridized carbons (Fsp3) is 0.300. The predicted octanol–water partition coefficient (Wildman–Crippen LogP) is 2.63. The van der Waals surface area contributed by atoms with Gasteiger partial charge in [0.15, 0.2) is 0 Å². The predicted molar refractivity (Wildman–Crippen MR) is 114 cm³/mol. The minimum atomic E-state index is -3.44. The number of sulfonamides is 1. The number of amides is 1. The number of aromatic nitrogens is 1. The molecule has 1 amide bonds. The summed E-state index contributed by atoms with van der Waals surface area (Å²) >= 11 is 1.23. The van der Waals surface area contributed by atoms with Gasteiger partial charge in [-0.15, -0.1) is 11.3 Å². The number of thiophene rings is 1. The van der Waals surface area contributed by atoms with Gasteiger partial charge in [0.2, 0.25) is 5.91 Å². The molecule has 29 heavy (non-hydrogen) atoms. The fourth-order valence-electron chi connectivity index (χ4n) is 3.48. The van der Waals surface area contributed by atoms with E-state index in [1.165, 1.54) is 15.6 Å². The second-order valence-electron chi connectivity index (χ2n) is 6.91. The molecule has 3 heterocycles. The van der Waals surface area contributed by atoms with Crippen LogP contribution in [0.5, 0.6) is 0 Å². The van der Waals surface area contributed by atoms with E-state index in [-0.39, 0.29) is 11.9 Å². The Morgan fingerprint density at radius 2 is 1.90 bits per heavy atom. The van der Waals surface area contributed by atoms with Gasteiger partial charge in [-0.3, -0.25) is 14.7 Å². The van der Waals surface area contributed by atoms with Gasteiger partial charge in [-0.05, 0) is 42.6 Å². The van der Waals surface area contributed by atoms with Gasteiger partial charge in [0.25, 0.3) is 10.0 Å². The van der Waals surface area contributed by atoms with Crippen molar-refractivity contribution in [3.63, 3.8) is 0 Å². The second-order valence-corrected chi connectivity index (χ2v) is 10.0. The summed E-state index contributed by atoms with van der Waals surface area (Å²) in [6.45, 7) is 3.61. The number of hydrogen-bond acceptors (Lipinski definition) is 6. The molecule has 152 valence electrons. The van der Waals surface area contributed by atoms with Crippen molar-refractivity contribution in [3.05, 3.63) is 54.0 Å². The maximum Gasteiger partial charge on any atom is 0.252 e. The van der Waals surface area contributed by atoms with E-state index in [9.17, 15) is 13.2 Å². The van der Waals surface area contributed by atoms with Crippen LogP contribution in [0.1, 0.15) is 6.92 Å². The molecule has 1 aliphatic heterocycles. The Kier molecular flexibility index (Phi) is 5.64. The number of hydrogen-bond donors (Lipinski definition) is 1. The van der Waals surface area contributed by atoms with Gasteiger partial charge in [0.05, 0.1) is 17.2 Å². The number of carbonyl (C=O) groups excluding carboxylic acids is 1. The second kappa shape index (κ2) is 8.19. The molecule has 0 radical (unpaired) electrons. The normalized spacial score (nSPS) is 17.3. The van der Waals surface area contributed by atoms with E-state index < -0.39 is 10.0 Å². The Hall–Kier alpha value is -2.33. The summed E-state index contributed by atoms with van der Waals surface area (Å²) in [7, 11) is -3.44. The molecule has 1 atom stereocenters. The third-order valence-corrected chi connectivity index (χ3v) is 8.46. The number of carbonyl (C=O) groups is 1. The highest BCUT2D eigenvalue weighted by Gasteiger charge is 2.32. The van der Waals surface area contributed by atoms with Crippen LogP contribution in [0.15, 0.2) is 58.3 Å². The molecule has 0 aliphatic carbocycles. The first-order valence-corrected chi connectivity index (χ1v) is 11.7. The highest BCUT2D eigenvalue weighted by Crippen LogP contribution is 2.24. The van der Waals surface area contributed by atoms with Crippen LogP contribution in [0.2, 0.25) is 0 Å². The van der Waals surface area contributed by atoms with Crippen molar-refractivity contribution in [2.75, 3.05) is 31.5 Å². The van der Waals surface area contributed by atoms with Crippen molar-refractivity contribution in [3.8, 4) is 0 Å². The molecular weight excluding hydrogens is 408 g/mol. The van der Waals surface area contributed by atoms with Gasteiger partial charge in [0.1, 0.15) is 4.21 Å². The fourth-order valence-corrected chi connectivity index (χ4v) is 6.05. The molecule has 1 aliphatic rings. The smallest absolute Gasteiger partial charge is 0.252 e. The third-order valence-electron chi connectivity index (χ3n) is 5.19. The minimum Gasteiger partial charge on any atom is -0.324 e. The van der Waals surface area contributed by atoms with Gasteiger partial charge in [-0.25, -0.2) is 8.42 Å². The van der Waals surface area contributed by atoms with Crippen LogP contribution in [-0.4, -0.2) is 60.7 Å². The van der Waals surface area contributed by atoms with Crippen molar-refractivity contribution in [2.24, 2.45) is 0 Å². The van der Waals surface area contributed by atoms with Crippen molar-refractivity contribution in [1.82, 2.24) is 14.2 Å². The first-order valence-electron chi connectivity index (χ1n) is 9.39. The Balaban J connectivity index is 1.40. The van der Waals surface area contributed by atoms with E-state index in [2.05, 4.69) is 10.3 Å². The summed E-state index contributed by atoms with van der Waals surface area (Å²) in [6, 6.07) is 12.4. The first kappa shape index (κ1) is 20.0. The minimum absolute atomic E-state index is 0.115. The summed E-state index contributed by atoms with van der Waals surface area (Å²) in [5.74, 6) is -0.115. The molecule has 0 saturated carbocycles. The number of nitrogens with zero attached hydrogens (tertiary/aromatic N) is 3. The van der Waals surface area contributed by atoms with Crippen LogP contribution >= 0.6 is 11.3 Å². The third kappa shape index (κ3) is 4.04. The maximum absolute atomic E-state index is 12.8. The topological polar surface area (TPSA) is 82.6 Å². The molecule has 1 fully saturated rings. The lowest BCUT2D eigenvalue weighted by molar-refractivity contribution is -0.121. The monoisotopic (exact) mass is 430 g/mol. The average molecular weight is 431 g/mol. The number of benzene rings is 1. The van der Waals surface area contributed by atoms with Crippen molar-refractivity contribution in [1.29, 1.82) is 0 Å². The number of pyridine rings is 1. The van der Waals surface area contributed by atoms with Crippen LogP contribution < -0.4 is 5.32 Å². The number of nitrogens with one attached hydrogen (secondary N) is 1. The zero-order chi connectivity index (χ0) is 20.4. The van der Waals surface area contributed by atoms with Crippen LogP contribution in [0.25, 0.3) is 10.9 Å². The molecule has 2 aromatic heterocycles. The molecule has 3 aromatic rings. The maximum atomic E-state index is 12.8. The molecule has 1 unspecified atom stereocenters. The van der Waals surface area contributed by atoms with Crippen molar-refractivity contribution >= 4 is 43.9 Å². The number of fused-ring (bicyclic) bond motifs is 1. The Morgan fingerprint density at radius 1 is 1.10 bits per heavy atom. The van der Waals surface area contributed by atoms with Gasteiger partial charge < -0.3 is 5.32 Å². The first-order chi connectivity index (χ1) is 14.0. The molecule has 7 nitrogen and oxygen atoms in total. The van der Waals surface area contributed by atoms with E-state index in [4.69, 9.17) is 0 Å². The molecule has 9 heteroatoms. The number of rotatable bonds is 5. The quantitative estimate of drug-likeness (QED) is 0.673. The number of anilines is 1. The van der Waals surface area contributed by atoms with Gasteiger partial charge in [-0.2, -0.15) is 4.31 Å².